The van der Waals surface area contributed by atoms with Crippen molar-refractivity contribution in [3.8, 4) is 5.75 Å². The van der Waals surface area contributed by atoms with Gasteiger partial charge in [-0.2, -0.15) is 0 Å². The third-order valence-corrected chi connectivity index (χ3v) is 3.68. The highest BCUT2D eigenvalue weighted by Crippen LogP contribution is 2.25. The van der Waals surface area contributed by atoms with E-state index in [1.165, 1.54) is 0 Å². The van der Waals surface area contributed by atoms with Gasteiger partial charge >= 0.3 is 0 Å². The van der Waals surface area contributed by atoms with Gasteiger partial charge in [0.25, 0.3) is 0 Å². The Kier molecular flexibility index (Phi) is 5.21. The minimum Gasteiger partial charge on any atom is -0.493 e. The van der Waals surface area contributed by atoms with Gasteiger partial charge in [-0.05, 0) is 49.7 Å². The van der Waals surface area contributed by atoms with Crippen molar-refractivity contribution < 1.29 is 4.74 Å². The Balaban J connectivity index is 2.30. The summed E-state index contributed by atoms with van der Waals surface area (Å²) >= 11 is 9.55. The molecule has 0 atom stereocenters. The highest BCUT2D eigenvalue weighted by atomic mass is 79.9. The zero-order valence-corrected chi connectivity index (χ0v) is 13.7. The van der Waals surface area contributed by atoms with Crippen LogP contribution in [-0.4, -0.2) is 12.8 Å². The fraction of sp³-hybridized carbons (Fsp3) is 0.188. The first kappa shape index (κ1) is 15.1. The monoisotopic (exact) mass is 351 g/mol. The SMILES string of the molecule is CCOc1ccc(Br)cc1C=Nc1ccc(C)c(Cl)c1. The molecule has 0 aromatic heterocycles. The van der Waals surface area contributed by atoms with Crippen LogP contribution in [0.5, 0.6) is 5.75 Å². The van der Waals surface area contributed by atoms with E-state index in [9.17, 15) is 0 Å². The van der Waals surface area contributed by atoms with Crippen molar-refractivity contribution >= 4 is 39.4 Å². The Morgan fingerprint density at radius 2 is 2.05 bits per heavy atom. The summed E-state index contributed by atoms with van der Waals surface area (Å²) in [4.78, 5) is 4.45. The molecular formula is C16H15BrClNO. The van der Waals surface area contributed by atoms with Crippen molar-refractivity contribution in [3.63, 3.8) is 0 Å². The number of benzene rings is 2. The lowest BCUT2D eigenvalue weighted by atomic mass is 10.2. The fourth-order valence-corrected chi connectivity index (χ4v) is 2.27. The number of nitrogens with zero attached hydrogens (tertiary/aromatic N) is 1. The molecule has 0 saturated heterocycles. The molecule has 0 aliphatic rings. The molecule has 0 N–H and O–H groups in total. The van der Waals surface area contributed by atoms with Gasteiger partial charge in [0, 0.05) is 21.3 Å². The van der Waals surface area contributed by atoms with Crippen molar-refractivity contribution in [2.75, 3.05) is 6.61 Å². The van der Waals surface area contributed by atoms with Crippen LogP contribution < -0.4 is 4.74 Å². The molecule has 104 valence electrons. The summed E-state index contributed by atoms with van der Waals surface area (Å²) in [6.07, 6.45) is 1.79. The third-order valence-electron chi connectivity index (χ3n) is 2.78. The minimum absolute atomic E-state index is 0.624. The van der Waals surface area contributed by atoms with Crippen LogP contribution in [0, 0.1) is 6.92 Å². The van der Waals surface area contributed by atoms with Gasteiger partial charge in [0.05, 0.1) is 12.3 Å². The lowest BCUT2D eigenvalue weighted by molar-refractivity contribution is 0.339. The Labute approximate surface area is 132 Å². The molecule has 20 heavy (non-hydrogen) atoms. The van der Waals surface area contributed by atoms with Gasteiger partial charge in [-0.15, -0.1) is 0 Å². The smallest absolute Gasteiger partial charge is 0.128 e. The number of aliphatic imine (C=N–C) groups is 1. The van der Waals surface area contributed by atoms with Crippen molar-refractivity contribution in [1.29, 1.82) is 0 Å². The van der Waals surface area contributed by atoms with E-state index in [0.29, 0.717) is 6.61 Å². The fourth-order valence-electron chi connectivity index (χ4n) is 1.71. The highest BCUT2D eigenvalue weighted by Gasteiger charge is 2.02. The molecule has 0 bridgehead atoms. The average molecular weight is 353 g/mol. The van der Waals surface area contributed by atoms with Crippen molar-refractivity contribution in [2.24, 2.45) is 4.99 Å². The molecule has 0 amide bonds. The second-order valence-corrected chi connectivity index (χ2v) is 5.63. The number of rotatable bonds is 4. The summed E-state index contributed by atoms with van der Waals surface area (Å²) in [5.74, 6) is 0.817. The van der Waals surface area contributed by atoms with Gasteiger partial charge in [-0.3, -0.25) is 4.99 Å². The lowest BCUT2D eigenvalue weighted by Gasteiger charge is -2.07. The number of hydrogen-bond acceptors (Lipinski definition) is 2. The second-order valence-electron chi connectivity index (χ2n) is 4.31. The first-order chi connectivity index (χ1) is 9.60. The number of aryl methyl sites for hydroxylation is 1. The number of hydrogen-bond donors (Lipinski definition) is 0. The first-order valence-electron chi connectivity index (χ1n) is 6.32. The zero-order valence-electron chi connectivity index (χ0n) is 11.4. The molecule has 2 rings (SSSR count). The van der Waals surface area contributed by atoms with Crippen LogP contribution in [0.1, 0.15) is 18.1 Å². The second kappa shape index (κ2) is 6.91. The largest absolute Gasteiger partial charge is 0.493 e. The van der Waals surface area contributed by atoms with Crippen LogP contribution in [0.3, 0.4) is 0 Å². The molecule has 2 aromatic rings. The summed E-state index contributed by atoms with van der Waals surface area (Å²) in [7, 11) is 0. The van der Waals surface area contributed by atoms with E-state index in [0.717, 1.165) is 32.1 Å². The molecule has 0 saturated carbocycles. The predicted molar refractivity (Wildman–Crippen MR) is 88.8 cm³/mol. The average Bonchev–Trinajstić information content (AvgIpc) is 2.43. The van der Waals surface area contributed by atoms with E-state index in [-0.39, 0.29) is 0 Å². The van der Waals surface area contributed by atoms with Gasteiger partial charge in [0.15, 0.2) is 0 Å². The molecule has 0 fully saturated rings. The maximum absolute atomic E-state index is 6.10. The van der Waals surface area contributed by atoms with Crippen LogP contribution in [0.15, 0.2) is 45.9 Å². The molecule has 0 spiro atoms. The van der Waals surface area contributed by atoms with Gasteiger partial charge in [0.2, 0.25) is 0 Å². The summed E-state index contributed by atoms with van der Waals surface area (Å²) in [6, 6.07) is 11.6. The van der Waals surface area contributed by atoms with E-state index in [1.54, 1.807) is 6.21 Å². The van der Waals surface area contributed by atoms with Crippen LogP contribution in [0.4, 0.5) is 5.69 Å². The summed E-state index contributed by atoms with van der Waals surface area (Å²) in [5, 5.41) is 0.721. The highest BCUT2D eigenvalue weighted by molar-refractivity contribution is 9.10. The summed E-state index contributed by atoms with van der Waals surface area (Å²) in [5.41, 5.74) is 2.80. The maximum Gasteiger partial charge on any atom is 0.128 e. The molecule has 0 radical (unpaired) electrons. The molecule has 4 heteroatoms. The van der Waals surface area contributed by atoms with Crippen molar-refractivity contribution in [3.05, 3.63) is 57.0 Å². The van der Waals surface area contributed by atoms with Crippen molar-refractivity contribution in [1.82, 2.24) is 0 Å². The Morgan fingerprint density at radius 1 is 1.25 bits per heavy atom. The van der Waals surface area contributed by atoms with Gasteiger partial charge in [0.1, 0.15) is 5.75 Å². The standard InChI is InChI=1S/C16H15BrClNO/c1-3-20-16-7-5-13(17)8-12(16)10-19-14-6-4-11(2)15(18)9-14/h4-10H,3H2,1-2H3. The Bertz CT molecular complexity index is 640. The van der Waals surface area contributed by atoms with Crippen LogP contribution in [-0.2, 0) is 0 Å². The Hall–Kier alpha value is -1.32. The van der Waals surface area contributed by atoms with Gasteiger partial charge in [-0.1, -0.05) is 33.6 Å². The number of ether oxygens (including phenoxy) is 1. The Morgan fingerprint density at radius 3 is 2.75 bits per heavy atom. The maximum atomic E-state index is 6.10. The summed E-state index contributed by atoms with van der Waals surface area (Å²) < 4.78 is 6.58. The van der Waals surface area contributed by atoms with E-state index in [4.69, 9.17) is 16.3 Å². The zero-order chi connectivity index (χ0) is 14.5. The van der Waals surface area contributed by atoms with E-state index in [2.05, 4.69) is 20.9 Å². The quantitative estimate of drug-likeness (QED) is 0.660. The molecule has 0 aliphatic heterocycles. The number of halogens is 2. The van der Waals surface area contributed by atoms with E-state index in [1.807, 2.05) is 50.2 Å². The van der Waals surface area contributed by atoms with Crippen molar-refractivity contribution in [2.45, 2.75) is 13.8 Å². The summed E-state index contributed by atoms with van der Waals surface area (Å²) in [6.45, 7) is 4.55. The predicted octanol–water partition coefficient (Wildman–Crippen LogP) is 5.56. The van der Waals surface area contributed by atoms with Gasteiger partial charge < -0.3 is 4.74 Å². The lowest BCUT2D eigenvalue weighted by Crippen LogP contribution is -1.95. The van der Waals surface area contributed by atoms with Crippen LogP contribution >= 0.6 is 27.5 Å². The third kappa shape index (κ3) is 3.84. The minimum atomic E-state index is 0.624. The first-order valence-corrected chi connectivity index (χ1v) is 7.50. The van der Waals surface area contributed by atoms with Crippen LogP contribution in [0.2, 0.25) is 5.02 Å². The molecule has 0 unspecified atom stereocenters. The topological polar surface area (TPSA) is 21.6 Å². The van der Waals surface area contributed by atoms with Gasteiger partial charge in [-0.25, -0.2) is 0 Å². The molecule has 0 aliphatic carbocycles. The van der Waals surface area contributed by atoms with E-state index >= 15 is 0 Å². The van der Waals surface area contributed by atoms with E-state index < -0.39 is 0 Å². The molecular weight excluding hydrogens is 338 g/mol. The molecule has 2 aromatic carbocycles. The normalized spacial score (nSPS) is 11.0. The molecule has 2 nitrogen and oxygen atoms in total. The van der Waals surface area contributed by atoms with Crippen LogP contribution in [0.25, 0.3) is 0 Å². The molecule has 0 heterocycles.